The maximum atomic E-state index is 12.7. The first-order chi connectivity index (χ1) is 12.8. The Labute approximate surface area is 157 Å². The Hall–Kier alpha value is -2.62. The van der Waals surface area contributed by atoms with Crippen LogP contribution in [0, 0.1) is 0 Å². The Balaban J connectivity index is 1.80. The van der Waals surface area contributed by atoms with Crippen molar-refractivity contribution in [2.24, 2.45) is 0 Å². The first-order valence-electron chi connectivity index (χ1n) is 8.32. The van der Waals surface area contributed by atoms with Gasteiger partial charge < -0.3 is 19.6 Å². The summed E-state index contributed by atoms with van der Waals surface area (Å²) in [5, 5.41) is 0. The van der Waals surface area contributed by atoms with Gasteiger partial charge in [-0.3, -0.25) is 0 Å². The predicted molar refractivity (Wildman–Crippen MR) is 104 cm³/mol. The highest BCUT2D eigenvalue weighted by Crippen LogP contribution is 2.22. The van der Waals surface area contributed by atoms with Gasteiger partial charge in [0.25, 0.3) is 0 Å². The number of aromatic nitrogens is 2. The molecule has 8 nitrogen and oxygen atoms in total. The molecule has 1 heterocycles. The molecule has 0 amide bonds. The number of hydrogen-bond donors (Lipinski definition) is 3. The van der Waals surface area contributed by atoms with Gasteiger partial charge in [0.05, 0.1) is 23.0 Å². The summed E-state index contributed by atoms with van der Waals surface area (Å²) < 4.78 is 33.2. The van der Waals surface area contributed by atoms with Crippen molar-refractivity contribution in [1.29, 1.82) is 0 Å². The van der Waals surface area contributed by atoms with Gasteiger partial charge in [0.2, 0.25) is 10.0 Å². The van der Waals surface area contributed by atoms with Gasteiger partial charge in [0.1, 0.15) is 5.75 Å². The van der Waals surface area contributed by atoms with E-state index in [1.54, 1.807) is 13.2 Å². The number of benzene rings is 2. The number of rotatable bonds is 7. The highest BCUT2D eigenvalue weighted by molar-refractivity contribution is 7.89. The minimum atomic E-state index is -3.73. The number of fused-ring (bicyclic) bond motifs is 1. The summed E-state index contributed by atoms with van der Waals surface area (Å²) in [4.78, 5) is 18.5. The number of imidazole rings is 1. The van der Waals surface area contributed by atoms with Crippen LogP contribution in [-0.4, -0.2) is 51.0 Å². The molecule has 9 heteroatoms. The number of likely N-dealkylation sites (N-methyl/N-ethyl adjacent to an activating group) is 1. The molecule has 1 aromatic heterocycles. The summed E-state index contributed by atoms with van der Waals surface area (Å²) in [5.74, 6) is 0.741. The number of H-pyrrole nitrogens is 2. The standard InChI is InChI=1S/C18H22N4O4S/c1-22(2)17(12-4-6-13(26-3)7-5-12)11-19-27(24,25)14-8-9-15-16(10-14)21-18(23)20-15/h4-10,17,19H,11H2,1-3H3,(H2,20,21,23). The van der Waals surface area contributed by atoms with E-state index in [-0.39, 0.29) is 23.2 Å². The number of sulfonamides is 1. The van der Waals surface area contributed by atoms with Gasteiger partial charge in [-0.25, -0.2) is 17.9 Å². The highest BCUT2D eigenvalue weighted by atomic mass is 32.2. The molecule has 0 aliphatic heterocycles. The fourth-order valence-electron chi connectivity index (χ4n) is 2.88. The molecule has 1 atom stereocenters. The average molecular weight is 390 g/mol. The van der Waals surface area contributed by atoms with Crippen LogP contribution in [0.5, 0.6) is 5.75 Å². The highest BCUT2D eigenvalue weighted by Gasteiger charge is 2.20. The minimum absolute atomic E-state index is 0.0949. The SMILES string of the molecule is COc1ccc(C(CNS(=O)(=O)c2ccc3[nH]c(=O)[nH]c3c2)N(C)C)cc1. The molecule has 3 aromatic rings. The van der Waals surface area contributed by atoms with E-state index in [0.717, 1.165) is 11.3 Å². The van der Waals surface area contributed by atoms with Crippen LogP contribution >= 0.6 is 0 Å². The van der Waals surface area contributed by atoms with E-state index < -0.39 is 10.0 Å². The average Bonchev–Trinajstić information content (AvgIpc) is 3.01. The van der Waals surface area contributed by atoms with E-state index in [0.29, 0.717) is 11.0 Å². The molecule has 0 fully saturated rings. The second kappa shape index (κ2) is 7.55. The molecule has 3 N–H and O–H groups in total. The molecule has 144 valence electrons. The lowest BCUT2D eigenvalue weighted by Crippen LogP contribution is -2.34. The molecule has 3 rings (SSSR count). The molecule has 0 saturated carbocycles. The maximum Gasteiger partial charge on any atom is 0.323 e. The minimum Gasteiger partial charge on any atom is -0.497 e. The third kappa shape index (κ3) is 4.21. The van der Waals surface area contributed by atoms with Crippen LogP contribution in [0.2, 0.25) is 0 Å². The van der Waals surface area contributed by atoms with Crippen LogP contribution in [0.4, 0.5) is 0 Å². The van der Waals surface area contributed by atoms with Gasteiger partial charge in [0, 0.05) is 12.6 Å². The molecule has 0 radical (unpaired) electrons. The Bertz CT molecular complexity index is 1080. The van der Waals surface area contributed by atoms with E-state index >= 15 is 0 Å². The van der Waals surface area contributed by atoms with Crippen LogP contribution in [-0.2, 0) is 10.0 Å². The van der Waals surface area contributed by atoms with Crippen molar-refractivity contribution in [1.82, 2.24) is 19.6 Å². The molecule has 0 aliphatic rings. The number of nitrogens with zero attached hydrogens (tertiary/aromatic N) is 1. The normalized spacial score (nSPS) is 13.2. The van der Waals surface area contributed by atoms with Crippen molar-refractivity contribution in [3.05, 3.63) is 58.5 Å². The second-order valence-electron chi connectivity index (χ2n) is 6.39. The first kappa shape index (κ1) is 19.2. The molecular weight excluding hydrogens is 368 g/mol. The van der Waals surface area contributed by atoms with Gasteiger partial charge >= 0.3 is 5.69 Å². The third-order valence-corrected chi connectivity index (χ3v) is 5.81. The first-order valence-corrected chi connectivity index (χ1v) is 9.80. The molecule has 0 aliphatic carbocycles. The van der Waals surface area contributed by atoms with E-state index in [9.17, 15) is 13.2 Å². The van der Waals surface area contributed by atoms with E-state index in [1.165, 1.54) is 12.1 Å². The fourth-order valence-corrected chi connectivity index (χ4v) is 3.94. The van der Waals surface area contributed by atoms with Gasteiger partial charge in [-0.1, -0.05) is 12.1 Å². The van der Waals surface area contributed by atoms with Crippen molar-refractivity contribution in [3.8, 4) is 5.75 Å². The van der Waals surface area contributed by atoms with Crippen molar-refractivity contribution in [3.63, 3.8) is 0 Å². The Morgan fingerprint density at radius 2 is 1.74 bits per heavy atom. The third-order valence-electron chi connectivity index (χ3n) is 4.39. The summed E-state index contributed by atoms with van der Waals surface area (Å²) >= 11 is 0. The molecule has 0 spiro atoms. The van der Waals surface area contributed by atoms with E-state index in [4.69, 9.17) is 4.74 Å². The monoisotopic (exact) mass is 390 g/mol. The van der Waals surface area contributed by atoms with Crippen molar-refractivity contribution in [2.45, 2.75) is 10.9 Å². The molecule has 1 unspecified atom stereocenters. The number of ether oxygens (including phenoxy) is 1. The zero-order valence-electron chi connectivity index (χ0n) is 15.3. The van der Waals surface area contributed by atoms with Crippen LogP contribution in [0.25, 0.3) is 11.0 Å². The van der Waals surface area contributed by atoms with Crippen LogP contribution in [0.3, 0.4) is 0 Å². The van der Waals surface area contributed by atoms with Crippen LogP contribution in [0.15, 0.2) is 52.2 Å². The lowest BCUT2D eigenvalue weighted by Gasteiger charge is -2.25. The summed E-state index contributed by atoms with van der Waals surface area (Å²) in [5.41, 5.74) is 1.60. The smallest absolute Gasteiger partial charge is 0.323 e. The topological polar surface area (TPSA) is 107 Å². The Morgan fingerprint density at radius 3 is 2.37 bits per heavy atom. The molecule has 2 aromatic carbocycles. The van der Waals surface area contributed by atoms with Crippen LogP contribution < -0.4 is 15.1 Å². The van der Waals surface area contributed by atoms with E-state index in [1.807, 2.05) is 43.3 Å². The van der Waals surface area contributed by atoms with Crippen molar-refractivity contribution >= 4 is 21.1 Å². The Morgan fingerprint density at radius 1 is 1.07 bits per heavy atom. The zero-order chi connectivity index (χ0) is 19.6. The quantitative estimate of drug-likeness (QED) is 0.566. The molecule has 27 heavy (non-hydrogen) atoms. The number of aromatic amines is 2. The van der Waals surface area contributed by atoms with Crippen LogP contribution in [0.1, 0.15) is 11.6 Å². The van der Waals surface area contributed by atoms with Crippen molar-refractivity contribution < 1.29 is 13.2 Å². The summed E-state index contributed by atoms with van der Waals surface area (Å²) in [6.45, 7) is 0.198. The maximum absolute atomic E-state index is 12.7. The van der Waals surface area contributed by atoms with Crippen molar-refractivity contribution in [2.75, 3.05) is 27.7 Å². The number of methoxy groups -OCH3 is 1. The molecular formula is C18H22N4O4S. The Kier molecular flexibility index (Phi) is 5.36. The van der Waals surface area contributed by atoms with Gasteiger partial charge in [-0.15, -0.1) is 0 Å². The second-order valence-corrected chi connectivity index (χ2v) is 8.16. The van der Waals surface area contributed by atoms with Gasteiger partial charge in [-0.2, -0.15) is 0 Å². The van der Waals surface area contributed by atoms with Gasteiger partial charge in [0.15, 0.2) is 0 Å². The summed E-state index contributed by atoms with van der Waals surface area (Å²) in [7, 11) is 1.65. The zero-order valence-corrected chi connectivity index (χ0v) is 16.1. The fraction of sp³-hybridized carbons (Fsp3) is 0.278. The summed E-state index contributed by atoms with van der Waals surface area (Å²) in [6, 6.07) is 11.8. The molecule has 0 saturated heterocycles. The number of nitrogens with one attached hydrogen (secondary N) is 3. The van der Waals surface area contributed by atoms with Gasteiger partial charge in [-0.05, 0) is 50.0 Å². The summed E-state index contributed by atoms with van der Waals surface area (Å²) in [6.07, 6.45) is 0. The number of hydrogen-bond acceptors (Lipinski definition) is 5. The molecule has 0 bridgehead atoms. The predicted octanol–water partition coefficient (Wildman–Crippen LogP) is 1.45. The lowest BCUT2D eigenvalue weighted by molar-refractivity contribution is 0.299. The van der Waals surface area contributed by atoms with E-state index in [2.05, 4.69) is 14.7 Å². The largest absolute Gasteiger partial charge is 0.497 e. The lowest BCUT2D eigenvalue weighted by atomic mass is 10.1.